The van der Waals surface area contributed by atoms with Crippen LogP contribution in [0.25, 0.3) is 0 Å². The SMILES string of the molecule is CCCCCC/C=C/CCCCCCCCCCOC[C@@H](O)[C@H]1OC[C@H](O)[C@H]1O. The van der Waals surface area contributed by atoms with Gasteiger partial charge in [-0.2, -0.15) is 0 Å². The minimum absolute atomic E-state index is 0.0682. The molecule has 0 aromatic heterocycles. The fourth-order valence-electron chi connectivity index (χ4n) is 3.72. The summed E-state index contributed by atoms with van der Waals surface area (Å²) < 4.78 is 10.7. The first kappa shape index (κ1) is 26.6. The topological polar surface area (TPSA) is 79.2 Å². The van der Waals surface area contributed by atoms with Gasteiger partial charge in [0.25, 0.3) is 0 Å². The van der Waals surface area contributed by atoms with Gasteiger partial charge < -0.3 is 24.8 Å². The first-order chi connectivity index (χ1) is 14.2. The van der Waals surface area contributed by atoms with Gasteiger partial charge in [0.2, 0.25) is 0 Å². The fraction of sp³-hybridized carbons (Fsp3) is 0.917. The molecule has 0 radical (unpaired) electrons. The fourth-order valence-corrected chi connectivity index (χ4v) is 3.72. The van der Waals surface area contributed by atoms with E-state index in [9.17, 15) is 15.3 Å². The number of aliphatic hydroxyl groups excluding tert-OH is 3. The number of rotatable bonds is 19. The second kappa shape index (κ2) is 18.3. The summed E-state index contributed by atoms with van der Waals surface area (Å²) in [4.78, 5) is 0. The van der Waals surface area contributed by atoms with Gasteiger partial charge in [-0.25, -0.2) is 0 Å². The second-order valence-electron chi connectivity index (χ2n) is 8.44. The minimum Gasteiger partial charge on any atom is -0.388 e. The number of hydrogen-bond acceptors (Lipinski definition) is 5. The Balaban J connectivity index is 1.77. The van der Waals surface area contributed by atoms with E-state index < -0.39 is 24.4 Å². The predicted octanol–water partition coefficient (Wildman–Crippen LogP) is 4.52. The van der Waals surface area contributed by atoms with Crippen LogP contribution < -0.4 is 0 Å². The molecule has 1 fully saturated rings. The van der Waals surface area contributed by atoms with Crippen molar-refractivity contribution in [3.8, 4) is 0 Å². The number of unbranched alkanes of at least 4 members (excludes halogenated alkanes) is 12. The highest BCUT2D eigenvalue weighted by Gasteiger charge is 2.39. The molecule has 5 nitrogen and oxygen atoms in total. The van der Waals surface area contributed by atoms with Crippen LogP contribution in [0, 0.1) is 0 Å². The molecule has 0 saturated carbocycles. The van der Waals surface area contributed by atoms with Crippen molar-refractivity contribution in [2.75, 3.05) is 19.8 Å². The third kappa shape index (κ3) is 13.5. The highest BCUT2D eigenvalue weighted by atomic mass is 16.5. The van der Waals surface area contributed by atoms with Gasteiger partial charge in [-0.15, -0.1) is 0 Å². The van der Waals surface area contributed by atoms with Gasteiger partial charge in [0.1, 0.15) is 24.4 Å². The van der Waals surface area contributed by atoms with E-state index in [0.717, 1.165) is 12.8 Å². The van der Waals surface area contributed by atoms with E-state index in [0.29, 0.717) is 6.61 Å². The smallest absolute Gasteiger partial charge is 0.114 e. The molecule has 0 bridgehead atoms. The average molecular weight is 415 g/mol. The molecule has 0 amide bonds. The zero-order chi connectivity index (χ0) is 21.2. The van der Waals surface area contributed by atoms with Gasteiger partial charge >= 0.3 is 0 Å². The van der Waals surface area contributed by atoms with Crippen LogP contribution in [0.15, 0.2) is 12.2 Å². The van der Waals surface area contributed by atoms with Crippen LogP contribution in [0.4, 0.5) is 0 Å². The molecule has 1 saturated heterocycles. The molecule has 0 spiro atoms. The average Bonchev–Trinajstić information content (AvgIpc) is 3.05. The van der Waals surface area contributed by atoms with Crippen molar-refractivity contribution in [3.05, 3.63) is 12.2 Å². The summed E-state index contributed by atoms with van der Waals surface area (Å²) in [5.41, 5.74) is 0. The van der Waals surface area contributed by atoms with Crippen molar-refractivity contribution < 1.29 is 24.8 Å². The summed E-state index contributed by atoms with van der Waals surface area (Å²) in [6.07, 6.45) is 19.0. The monoisotopic (exact) mass is 414 g/mol. The summed E-state index contributed by atoms with van der Waals surface area (Å²) in [6.45, 7) is 3.08. The van der Waals surface area contributed by atoms with Crippen molar-refractivity contribution in [3.63, 3.8) is 0 Å². The summed E-state index contributed by atoms with van der Waals surface area (Å²) >= 11 is 0. The quantitative estimate of drug-likeness (QED) is 0.214. The van der Waals surface area contributed by atoms with Crippen molar-refractivity contribution in [2.45, 2.75) is 121 Å². The standard InChI is InChI=1S/C24H46O5/c1-2-3-4-5-6-7-8-9-10-11-12-13-14-15-16-17-18-28-19-22(26)24-23(27)21(25)20-29-24/h7-8,21-27H,2-6,9-20H2,1H3/b8-7+/t21-,22+,23+,24+/m0/s1. The van der Waals surface area contributed by atoms with Crippen LogP contribution in [-0.2, 0) is 9.47 Å². The van der Waals surface area contributed by atoms with E-state index >= 15 is 0 Å². The highest BCUT2D eigenvalue weighted by molar-refractivity contribution is 4.87. The van der Waals surface area contributed by atoms with Crippen molar-refractivity contribution in [1.82, 2.24) is 0 Å². The Morgan fingerprint density at radius 1 is 0.862 bits per heavy atom. The molecule has 0 unspecified atom stereocenters. The lowest BCUT2D eigenvalue weighted by atomic mass is 10.1. The normalized spacial score (nSPS) is 23.2. The van der Waals surface area contributed by atoms with E-state index in [-0.39, 0.29) is 13.2 Å². The largest absolute Gasteiger partial charge is 0.388 e. The predicted molar refractivity (Wildman–Crippen MR) is 118 cm³/mol. The molecule has 4 atom stereocenters. The molecular weight excluding hydrogens is 368 g/mol. The first-order valence-corrected chi connectivity index (χ1v) is 12.0. The summed E-state index contributed by atoms with van der Waals surface area (Å²) in [5, 5.41) is 29.0. The van der Waals surface area contributed by atoms with Crippen LogP contribution in [-0.4, -0.2) is 59.6 Å². The molecule has 172 valence electrons. The number of ether oxygens (including phenoxy) is 2. The van der Waals surface area contributed by atoms with Crippen molar-refractivity contribution >= 4 is 0 Å². The Bertz CT molecular complexity index is 387. The molecule has 0 aromatic carbocycles. The van der Waals surface area contributed by atoms with Crippen LogP contribution in [0.5, 0.6) is 0 Å². The number of allylic oxidation sites excluding steroid dienone is 2. The van der Waals surface area contributed by atoms with E-state index in [1.54, 1.807) is 0 Å². The zero-order valence-corrected chi connectivity index (χ0v) is 18.6. The molecular formula is C24H46O5. The maximum absolute atomic E-state index is 9.95. The molecule has 5 heteroatoms. The van der Waals surface area contributed by atoms with Crippen LogP contribution in [0.1, 0.15) is 96.8 Å². The van der Waals surface area contributed by atoms with Gasteiger partial charge in [-0.1, -0.05) is 76.9 Å². The Hall–Kier alpha value is -0.460. The summed E-state index contributed by atoms with van der Waals surface area (Å²) in [7, 11) is 0. The molecule has 1 aliphatic rings. The first-order valence-electron chi connectivity index (χ1n) is 12.0. The van der Waals surface area contributed by atoms with Gasteiger partial charge in [-0.3, -0.25) is 0 Å². The van der Waals surface area contributed by atoms with Gasteiger partial charge in [0, 0.05) is 6.61 Å². The van der Waals surface area contributed by atoms with E-state index in [1.165, 1.54) is 77.0 Å². The third-order valence-electron chi connectivity index (χ3n) is 5.66. The number of hydrogen-bond donors (Lipinski definition) is 3. The van der Waals surface area contributed by atoms with Crippen LogP contribution in [0.2, 0.25) is 0 Å². The van der Waals surface area contributed by atoms with Gasteiger partial charge in [0.05, 0.1) is 13.2 Å². The Labute approximate surface area is 178 Å². The lowest BCUT2D eigenvalue weighted by Crippen LogP contribution is -2.40. The summed E-state index contributed by atoms with van der Waals surface area (Å²) in [5.74, 6) is 0. The second-order valence-corrected chi connectivity index (χ2v) is 8.44. The highest BCUT2D eigenvalue weighted by Crippen LogP contribution is 2.18. The maximum Gasteiger partial charge on any atom is 0.114 e. The van der Waals surface area contributed by atoms with Crippen LogP contribution >= 0.6 is 0 Å². The lowest BCUT2D eigenvalue weighted by Gasteiger charge is -2.20. The molecule has 0 aromatic rings. The Morgan fingerprint density at radius 2 is 1.41 bits per heavy atom. The van der Waals surface area contributed by atoms with Gasteiger partial charge in [0.15, 0.2) is 0 Å². The zero-order valence-electron chi connectivity index (χ0n) is 18.6. The summed E-state index contributed by atoms with van der Waals surface area (Å²) in [6, 6.07) is 0. The lowest BCUT2D eigenvalue weighted by molar-refractivity contribution is -0.0813. The van der Waals surface area contributed by atoms with E-state index in [1.807, 2.05) is 0 Å². The Kier molecular flexibility index (Phi) is 16.8. The van der Waals surface area contributed by atoms with Crippen molar-refractivity contribution in [1.29, 1.82) is 0 Å². The van der Waals surface area contributed by atoms with Crippen molar-refractivity contribution in [2.24, 2.45) is 0 Å². The van der Waals surface area contributed by atoms with E-state index in [2.05, 4.69) is 19.1 Å². The molecule has 1 rings (SSSR count). The van der Waals surface area contributed by atoms with Gasteiger partial charge in [-0.05, 0) is 32.1 Å². The minimum atomic E-state index is -1.03. The molecule has 1 heterocycles. The third-order valence-corrected chi connectivity index (χ3v) is 5.66. The molecule has 0 aliphatic carbocycles. The molecule has 29 heavy (non-hydrogen) atoms. The Morgan fingerprint density at radius 3 is 1.97 bits per heavy atom. The van der Waals surface area contributed by atoms with E-state index in [4.69, 9.17) is 9.47 Å². The number of aliphatic hydroxyl groups is 3. The molecule has 1 aliphatic heterocycles. The molecule has 3 N–H and O–H groups in total. The van der Waals surface area contributed by atoms with Crippen LogP contribution in [0.3, 0.4) is 0 Å². The maximum atomic E-state index is 9.95.